The van der Waals surface area contributed by atoms with Crippen molar-refractivity contribution in [2.75, 3.05) is 11.9 Å². The summed E-state index contributed by atoms with van der Waals surface area (Å²) in [6.45, 7) is 8.63. The summed E-state index contributed by atoms with van der Waals surface area (Å²) in [5.74, 6) is -1.30. The van der Waals surface area contributed by atoms with Gasteiger partial charge in [-0.2, -0.15) is 0 Å². The van der Waals surface area contributed by atoms with Gasteiger partial charge in [0.05, 0.1) is 0 Å². The van der Waals surface area contributed by atoms with Crippen molar-refractivity contribution in [1.82, 2.24) is 10.2 Å². The third-order valence-electron chi connectivity index (χ3n) is 4.61. The Hall–Kier alpha value is -2.90. The number of ether oxygens (including phenoxy) is 1. The molecule has 0 unspecified atom stereocenters. The number of imide groups is 1. The van der Waals surface area contributed by atoms with Crippen molar-refractivity contribution in [2.45, 2.75) is 59.1 Å². The van der Waals surface area contributed by atoms with Gasteiger partial charge in [-0.1, -0.05) is 18.2 Å². The SMILES string of the molecule is Cc1cccc(C)c1NC(=O)[C@H](C)OC(=O)CCCN1C(=O)NC(C)(C)C1=O. The smallest absolute Gasteiger partial charge is 0.325 e. The lowest BCUT2D eigenvalue weighted by atomic mass is 10.1. The Morgan fingerprint density at radius 1 is 1.21 bits per heavy atom. The van der Waals surface area contributed by atoms with E-state index in [2.05, 4.69) is 10.6 Å². The number of benzene rings is 1. The number of urea groups is 1. The maximum atomic E-state index is 12.3. The third-order valence-corrected chi connectivity index (χ3v) is 4.61. The minimum Gasteiger partial charge on any atom is -0.453 e. The summed E-state index contributed by atoms with van der Waals surface area (Å²) in [5, 5.41) is 5.36. The van der Waals surface area contributed by atoms with Crippen LogP contribution in [0.4, 0.5) is 10.5 Å². The van der Waals surface area contributed by atoms with Gasteiger partial charge in [-0.05, 0) is 52.2 Å². The minimum atomic E-state index is -0.956. The second-order valence-corrected chi connectivity index (χ2v) is 7.50. The van der Waals surface area contributed by atoms with Crippen molar-refractivity contribution < 1.29 is 23.9 Å². The number of esters is 1. The van der Waals surface area contributed by atoms with Crippen molar-refractivity contribution in [3.05, 3.63) is 29.3 Å². The lowest BCUT2D eigenvalue weighted by Gasteiger charge is -2.17. The fourth-order valence-electron chi connectivity index (χ4n) is 2.95. The van der Waals surface area contributed by atoms with E-state index in [-0.39, 0.29) is 25.3 Å². The van der Waals surface area contributed by atoms with Gasteiger partial charge >= 0.3 is 12.0 Å². The van der Waals surface area contributed by atoms with Crippen LogP contribution in [-0.4, -0.2) is 46.9 Å². The predicted molar refractivity (Wildman–Crippen MR) is 104 cm³/mol. The summed E-state index contributed by atoms with van der Waals surface area (Å²) in [4.78, 5) is 49.3. The number of carbonyl (C=O) groups excluding carboxylic acids is 4. The first-order chi connectivity index (χ1) is 13.0. The molecule has 2 rings (SSSR count). The van der Waals surface area contributed by atoms with E-state index in [1.54, 1.807) is 13.8 Å². The molecule has 1 aromatic rings. The molecular formula is C20H27N3O5. The minimum absolute atomic E-state index is 0.00149. The highest BCUT2D eigenvalue weighted by Crippen LogP contribution is 2.20. The van der Waals surface area contributed by atoms with Crippen LogP contribution >= 0.6 is 0 Å². The maximum absolute atomic E-state index is 12.3. The summed E-state index contributed by atoms with van der Waals surface area (Å²) in [7, 11) is 0. The number of aryl methyl sites for hydroxylation is 2. The lowest BCUT2D eigenvalue weighted by molar-refractivity contribution is -0.153. The molecule has 8 nitrogen and oxygen atoms in total. The molecular weight excluding hydrogens is 362 g/mol. The number of nitrogens with one attached hydrogen (secondary N) is 2. The van der Waals surface area contributed by atoms with E-state index in [1.807, 2.05) is 32.0 Å². The average Bonchev–Trinajstić information content (AvgIpc) is 2.79. The second-order valence-electron chi connectivity index (χ2n) is 7.50. The molecule has 1 saturated heterocycles. The average molecular weight is 389 g/mol. The molecule has 4 amide bonds. The summed E-state index contributed by atoms with van der Waals surface area (Å²) in [5.41, 5.74) is 1.61. The van der Waals surface area contributed by atoms with Crippen molar-refractivity contribution in [1.29, 1.82) is 0 Å². The number of amides is 4. The Morgan fingerprint density at radius 3 is 2.36 bits per heavy atom. The lowest BCUT2D eigenvalue weighted by Crippen LogP contribution is -2.40. The van der Waals surface area contributed by atoms with Crippen LogP contribution in [0.3, 0.4) is 0 Å². The molecule has 1 fully saturated rings. The van der Waals surface area contributed by atoms with Crippen molar-refractivity contribution in [3.8, 4) is 0 Å². The molecule has 2 N–H and O–H groups in total. The van der Waals surface area contributed by atoms with Gasteiger partial charge in [-0.3, -0.25) is 19.3 Å². The molecule has 8 heteroatoms. The summed E-state index contributed by atoms with van der Waals surface area (Å²) in [6, 6.07) is 5.20. The van der Waals surface area contributed by atoms with Gasteiger partial charge in [0.15, 0.2) is 6.10 Å². The van der Waals surface area contributed by atoms with Gasteiger partial charge in [-0.25, -0.2) is 4.79 Å². The Labute approximate surface area is 164 Å². The first kappa shape index (κ1) is 21.4. The molecule has 0 radical (unpaired) electrons. The van der Waals surface area contributed by atoms with Gasteiger partial charge in [-0.15, -0.1) is 0 Å². The molecule has 152 valence electrons. The summed E-state index contributed by atoms with van der Waals surface area (Å²) in [6.07, 6.45) is -0.695. The van der Waals surface area contributed by atoms with E-state index < -0.39 is 29.6 Å². The summed E-state index contributed by atoms with van der Waals surface area (Å²) < 4.78 is 5.17. The van der Waals surface area contributed by atoms with Gasteiger partial charge in [0, 0.05) is 18.7 Å². The Bertz CT molecular complexity index is 783. The highest BCUT2D eigenvalue weighted by Gasteiger charge is 2.43. The number of rotatable bonds is 7. The van der Waals surface area contributed by atoms with Crippen LogP contribution in [0.5, 0.6) is 0 Å². The van der Waals surface area contributed by atoms with E-state index in [0.29, 0.717) is 5.69 Å². The number of anilines is 1. The maximum Gasteiger partial charge on any atom is 0.325 e. The standard InChI is InChI=1S/C20H27N3O5/c1-12-8-6-9-13(2)16(12)21-17(25)14(3)28-15(24)10-7-11-23-18(26)20(4,5)22-19(23)27/h6,8-9,14H,7,10-11H2,1-5H3,(H,21,25)(H,22,27)/t14-/m0/s1. The van der Waals surface area contributed by atoms with Crippen LogP contribution in [0.15, 0.2) is 18.2 Å². The number of nitrogens with zero attached hydrogens (tertiary/aromatic N) is 1. The first-order valence-electron chi connectivity index (χ1n) is 9.23. The summed E-state index contributed by atoms with van der Waals surface area (Å²) >= 11 is 0. The molecule has 0 saturated carbocycles. The number of hydrogen-bond donors (Lipinski definition) is 2. The fourth-order valence-corrected chi connectivity index (χ4v) is 2.95. The molecule has 0 spiro atoms. The Morgan fingerprint density at radius 2 is 1.82 bits per heavy atom. The molecule has 1 aromatic carbocycles. The fraction of sp³-hybridized carbons (Fsp3) is 0.500. The zero-order valence-corrected chi connectivity index (χ0v) is 16.9. The molecule has 1 aliphatic heterocycles. The molecule has 0 bridgehead atoms. The van der Waals surface area contributed by atoms with Gasteiger partial charge < -0.3 is 15.4 Å². The normalized spacial score (nSPS) is 16.5. The van der Waals surface area contributed by atoms with Crippen LogP contribution in [0.1, 0.15) is 44.7 Å². The monoisotopic (exact) mass is 389 g/mol. The number of hydrogen-bond acceptors (Lipinski definition) is 5. The number of para-hydroxylation sites is 1. The molecule has 28 heavy (non-hydrogen) atoms. The van der Waals surface area contributed by atoms with Crippen LogP contribution < -0.4 is 10.6 Å². The van der Waals surface area contributed by atoms with Gasteiger partial charge in [0.1, 0.15) is 5.54 Å². The van der Waals surface area contributed by atoms with Gasteiger partial charge in [0.2, 0.25) is 0 Å². The Kier molecular flexibility index (Phi) is 6.43. The largest absolute Gasteiger partial charge is 0.453 e. The zero-order chi connectivity index (χ0) is 21.1. The predicted octanol–water partition coefficient (Wildman–Crippen LogP) is 2.28. The van der Waals surface area contributed by atoms with Crippen LogP contribution in [-0.2, 0) is 19.1 Å². The first-order valence-corrected chi connectivity index (χ1v) is 9.23. The van der Waals surface area contributed by atoms with E-state index >= 15 is 0 Å². The highest BCUT2D eigenvalue weighted by atomic mass is 16.5. The van der Waals surface area contributed by atoms with Crippen molar-refractivity contribution >= 4 is 29.5 Å². The van der Waals surface area contributed by atoms with Crippen LogP contribution in [0.25, 0.3) is 0 Å². The number of carbonyl (C=O) groups is 4. The Balaban J connectivity index is 1.80. The van der Waals surface area contributed by atoms with Crippen LogP contribution in [0.2, 0.25) is 0 Å². The van der Waals surface area contributed by atoms with E-state index in [0.717, 1.165) is 16.0 Å². The second kappa shape index (κ2) is 8.41. The third kappa shape index (κ3) is 4.88. The molecule has 0 aromatic heterocycles. The molecule has 0 aliphatic carbocycles. The molecule has 1 heterocycles. The molecule has 1 atom stereocenters. The topological polar surface area (TPSA) is 105 Å². The van der Waals surface area contributed by atoms with Crippen molar-refractivity contribution in [3.63, 3.8) is 0 Å². The van der Waals surface area contributed by atoms with E-state index in [1.165, 1.54) is 6.92 Å². The molecule has 1 aliphatic rings. The van der Waals surface area contributed by atoms with Crippen molar-refractivity contribution in [2.24, 2.45) is 0 Å². The van der Waals surface area contributed by atoms with E-state index in [9.17, 15) is 19.2 Å². The highest BCUT2D eigenvalue weighted by molar-refractivity contribution is 6.06. The zero-order valence-electron chi connectivity index (χ0n) is 16.9. The van der Waals surface area contributed by atoms with Crippen LogP contribution in [0, 0.1) is 13.8 Å². The van der Waals surface area contributed by atoms with E-state index in [4.69, 9.17) is 4.74 Å². The van der Waals surface area contributed by atoms with Gasteiger partial charge in [0.25, 0.3) is 11.8 Å². The quantitative estimate of drug-likeness (QED) is 0.550.